The molecule has 0 heterocycles. The van der Waals surface area contributed by atoms with Crippen molar-refractivity contribution in [1.82, 2.24) is 0 Å². The minimum Gasteiger partial charge on any atom is -0.475 e. The quantitative estimate of drug-likeness (QED) is 0.729. The van der Waals surface area contributed by atoms with Crippen LogP contribution in [0.15, 0.2) is 42.5 Å². The monoisotopic (exact) mass is 355 g/mol. The van der Waals surface area contributed by atoms with Crippen molar-refractivity contribution in [2.75, 3.05) is 5.32 Å². The topological polar surface area (TPSA) is 86.6 Å². The van der Waals surface area contributed by atoms with Crippen LogP contribution in [0.5, 0.6) is 0 Å². The molecule has 0 saturated carbocycles. The molecule has 0 spiro atoms. The van der Waals surface area contributed by atoms with Gasteiger partial charge >= 0.3 is 18.2 Å². The van der Waals surface area contributed by atoms with Crippen LogP contribution in [-0.4, -0.2) is 28.5 Å². The second-order valence-electron chi connectivity index (χ2n) is 5.15. The molecule has 0 bridgehead atoms. The van der Waals surface area contributed by atoms with E-state index in [0.29, 0.717) is 5.69 Å². The van der Waals surface area contributed by atoms with Gasteiger partial charge in [0.15, 0.2) is 0 Å². The fourth-order valence-electron chi connectivity index (χ4n) is 1.93. The molecule has 0 aromatic heterocycles. The molecule has 0 aliphatic rings. The Morgan fingerprint density at radius 3 is 2.00 bits per heavy atom. The number of nitrogens with one attached hydrogen (secondary N) is 1. The van der Waals surface area contributed by atoms with E-state index in [1.165, 1.54) is 0 Å². The predicted molar refractivity (Wildman–Crippen MR) is 86.7 cm³/mol. The third kappa shape index (κ3) is 6.54. The van der Waals surface area contributed by atoms with Crippen molar-refractivity contribution >= 4 is 17.7 Å². The molecule has 0 atom stereocenters. The molecule has 0 fully saturated rings. The number of benzene rings is 2. The average molecular weight is 355 g/mol. The van der Waals surface area contributed by atoms with Crippen LogP contribution in [0.2, 0.25) is 0 Å². The summed E-state index contributed by atoms with van der Waals surface area (Å²) in [5, 5.41) is 18.4. The molecule has 0 saturated heterocycles. The third-order valence-corrected chi connectivity index (χ3v) is 2.99. The zero-order valence-electron chi connectivity index (χ0n) is 13.4. The molecule has 0 radical (unpaired) electrons. The molecule has 2 aromatic rings. The maximum absolute atomic E-state index is 10.8. The van der Waals surface area contributed by atoms with Crippen LogP contribution in [0, 0.1) is 13.8 Å². The average Bonchev–Trinajstić information content (AvgIpc) is 2.48. The predicted octanol–water partition coefficient (Wildman–Crippen LogP) is 4.69. The summed E-state index contributed by atoms with van der Waals surface area (Å²) in [7, 11) is 0. The summed E-state index contributed by atoms with van der Waals surface area (Å²) in [6.07, 6.45) is -6.13. The number of halogens is 3. The summed E-state index contributed by atoms with van der Waals surface area (Å²) in [5.74, 6) is -2.76. The highest BCUT2D eigenvalue weighted by Gasteiger charge is 2.38. The lowest BCUT2D eigenvalue weighted by Gasteiger charge is -2.11. The standard InChI is InChI=1S/C15H15NO2.C2HF3O2/c1-10-4-3-5-12(8-10)13-9-11(2)6-7-14(13)16-15(17)18;3-2(4,5)1(6)7/h3-9,16H,1-2H3,(H,17,18);(H,6,7). The summed E-state index contributed by atoms with van der Waals surface area (Å²) in [6.45, 7) is 4.01. The Balaban J connectivity index is 0.000000381. The van der Waals surface area contributed by atoms with Gasteiger partial charge in [-0.05, 0) is 31.5 Å². The van der Waals surface area contributed by atoms with Crippen LogP contribution in [-0.2, 0) is 4.79 Å². The van der Waals surface area contributed by atoms with Crippen molar-refractivity contribution in [3.63, 3.8) is 0 Å². The number of aryl methyl sites for hydroxylation is 2. The van der Waals surface area contributed by atoms with Crippen molar-refractivity contribution in [3.05, 3.63) is 53.6 Å². The largest absolute Gasteiger partial charge is 0.490 e. The van der Waals surface area contributed by atoms with E-state index in [4.69, 9.17) is 15.0 Å². The SMILES string of the molecule is Cc1cccc(-c2cc(C)ccc2NC(=O)O)c1.O=C(O)C(F)(F)F. The fraction of sp³-hybridized carbons (Fsp3) is 0.176. The van der Waals surface area contributed by atoms with Crippen LogP contribution in [0.3, 0.4) is 0 Å². The van der Waals surface area contributed by atoms with Crippen LogP contribution in [0.4, 0.5) is 23.7 Å². The molecule has 8 heteroatoms. The van der Waals surface area contributed by atoms with Crippen molar-refractivity contribution < 1.29 is 33.0 Å². The first-order valence-electron chi connectivity index (χ1n) is 6.98. The summed E-state index contributed by atoms with van der Waals surface area (Å²) < 4.78 is 31.7. The second-order valence-corrected chi connectivity index (χ2v) is 5.15. The number of carboxylic acid groups (broad SMARTS) is 2. The lowest BCUT2D eigenvalue weighted by molar-refractivity contribution is -0.192. The Bertz CT molecular complexity index is 773. The molecular formula is C17H16F3NO4. The highest BCUT2D eigenvalue weighted by Crippen LogP contribution is 2.29. The molecule has 0 unspecified atom stereocenters. The van der Waals surface area contributed by atoms with Crippen molar-refractivity contribution in [3.8, 4) is 11.1 Å². The zero-order valence-corrected chi connectivity index (χ0v) is 13.4. The van der Waals surface area contributed by atoms with Gasteiger partial charge in [0.25, 0.3) is 0 Å². The van der Waals surface area contributed by atoms with Crippen molar-refractivity contribution in [2.45, 2.75) is 20.0 Å². The summed E-state index contributed by atoms with van der Waals surface area (Å²) in [6, 6.07) is 13.7. The Labute approximate surface area is 141 Å². The van der Waals surface area contributed by atoms with E-state index in [1.54, 1.807) is 6.07 Å². The van der Waals surface area contributed by atoms with Crippen molar-refractivity contribution in [1.29, 1.82) is 0 Å². The first-order valence-corrected chi connectivity index (χ1v) is 6.98. The lowest BCUT2D eigenvalue weighted by atomic mass is 10.00. The van der Waals surface area contributed by atoms with Crippen molar-refractivity contribution in [2.24, 2.45) is 0 Å². The normalized spacial score (nSPS) is 10.4. The highest BCUT2D eigenvalue weighted by atomic mass is 19.4. The summed E-state index contributed by atoms with van der Waals surface area (Å²) >= 11 is 0. The van der Waals surface area contributed by atoms with Gasteiger partial charge in [-0.2, -0.15) is 13.2 Å². The number of hydrogen-bond acceptors (Lipinski definition) is 2. The smallest absolute Gasteiger partial charge is 0.475 e. The molecule has 0 aliphatic carbocycles. The first-order chi connectivity index (χ1) is 11.5. The molecule has 1 amide bonds. The number of hydrogen-bond donors (Lipinski definition) is 3. The number of carboxylic acids is 1. The number of aliphatic carboxylic acids is 1. The third-order valence-electron chi connectivity index (χ3n) is 2.99. The minimum absolute atomic E-state index is 0.610. The van der Waals surface area contributed by atoms with Gasteiger partial charge in [0.2, 0.25) is 0 Å². The van der Waals surface area contributed by atoms with Gasteiger partial charge in [0.1, 0.15) is 0 Å². The number of carbonyl (C=O) groups is 2. The highest BCUT2D eigenvalue weighted by molar-refractivity contribution is 5.90. The van der Waals surface area contributed by atoms with Crippen LogP contribution < -0.4 is 5.32 Å². The van der Waals surface area contributed by atoms with Gasteiger partial charge in [-0.25, -0.2) is 9.59 Å². The number of alkyl halides is 3. The van der Waals surface area contributed by atoms with Gasteiger partial charge in [-0.3, -0.25) is 5.32 Å². The van der Waals surface area contributed by atoms with E-state index in [1.807, 2.05) is 50.2 Å². The molecule has 5 nitrogen and oxygen atoms in total. The van der Waals surface area contributed by atoms with E-state index in [9.17, 15) is 18.0 Å². The Morgan fingerprint density at radius 1 is 0.960 bits per heavy atom. The van der Waals surface area contributed by atoms with E-state index >= 15 is 0 Å². The van der Waals surface area contributed by atoms with E-state index in [2.05, 4.69) is 5.32 Å². The molecule has 3 N–H and O–H groups in total. The summed E-state index contributed by atoms with van der Waals surface area (Å²) in [5.41, 5.74) is 4.78. The number of amides is 1. The van der Waals surface area contributed by atoms with Crippen LogP contribution in [0.1, 0.15) is 11.1 Å². The molecule has 134 valence electrons. The number of anilines is 1. The summed E-state index contributed by atoms with van der Waals surface area (Å²) in [4.78, 5) is 19.7. The Hall–Kier alpha value is -3.03. The van der Waals surface area contributed by atoms with E-state index in [-0.39, 0.29) is 0 Å². The molecule has 2 rings (SSSR count). The molecule has 2 aromatic carbocycles. The Morgan fingerprint density at radius 2 is 1.52 bits per heavy atom. The maximum atomic E-state index is 10.8. The van der Waals surface area contributed by atoms with Gasteiger partial charge in [-0.15, -0.1) is 0 Å². The van der Waals surface area contributed by atoms with E-state index in [0.717, 1.165) is 22.3 Å². The van der Waals surface area contributed by atoms with Gasteiger partial charge in [0.05, 0.1) is 5.69 Å². The second kappa shape index (κ2) is 8.18. The minimum atomic E-state index is -5.08. The molecular weight excluding hydrogens is 339 g/mol. The van der Waals surface area contributed by atoms with Gasteiger partial charge < -0.3 is 10.2 Å². The van der Waals surface area contributed by atoms with E-state index < -0.39 is 18.2 Å². The van der Waals surface area contributed by atoms with Gasteiger partial charge in [-0.1, -0.05) is 41.5 Å². The lowest BCUT2D eigenvalue weighted by Crippen LogP contribution is -2.21. The first kappa shape index (κ1) is 20.0. The zero-order chi connectivity index (χ0) is 19.2. The van der Waals surface area contributed by atoms with Gasteiger partial charge in [0, 0.05) is 5.56 Å². The Kier molecular flexibility index (Phi) is 6.55. The molecule has 0 aliphatic heterocycles. The number of rotatable bonds is 2. The fourth-order valence-corrected chi connectivity index (χ4v) is 1.93. The van der Waals surface area contributed by atoms with Crippen LogP contribution in [0.25, 0.3) is 11.1 Å². The van der Waals surface area contributed by atoms with Crippen LogP contribution >= 0.6 is 0 Å². The molecule has 25 heavy (non-hydrogen) atoms. The maximum Gasteiger partial charge on any atom is 0.490 e.